The molecule has 1 spiro atoms. The number of halogens is 1. The van der Waals surface area contributed by atoms with Crippen molar-refractivity contribution in [1.29, 1.82) is 0 Å². The monoisotopic (exact) mass is 454 g/mol. The summed E-state index contributed by atoms with van der Waals surface area (Å²) in [6.45, 7) is 1.96. The topological polar surface area (TPSA) is 71.1 Å². The number of Topliss-reactive ketones (excluding diaryl/α,β-unsaturated/α-hetero) is 2. The minimum absolute atomic E-state index is 0.0818. The summed E-state index contributed by atoms with van der Waals surface area (Å²) < 4.78 is 24.1. The Balaban J connectivity index is 1.42. The molecule has 8 unspecified atom stereocenters. The zero-order valence-corrected chi connectivity index (χ0v) is 19.5. The summed E-state index contributed by atoms with van der Waals surface area (Å²) in [5, 5.41) is -0.489. The van der Waals surface area contributed by atoms with Gasteiger partial charge in [0.2, 0.25) is 0 Å². The fraction of sp³-hybridized carbons (Fsp3) is 0.917. The summed E-state index contributed by atoms with van der Waals surface area (Å²) in [6.07, 6.45) is 6.88. The fourth-order valence-electron chi connectivity index (χ4n) is 7.23. The highest BCUT2D eigenvalue weighted by atomic mass is 35.5. The van der Waals surface area contributed by atoms with E-state index in [2.05, 4.69) is 0 Å². The number of ether oxygens (including phenoxy) is 4. The standard InChI is InChI=1S/C24H35ClO6/c1-12-9-16-14(10-15(30-16)13-7-5-4-6-8-13)22(26)24(12)23(27)19-17(28-2)11-18(29-3)20(25)21(19)31-24/h12-21H,4-11H2,1-3H3/t12-,14?,15?,16?,17?,18?,19?,20?,21?,24+/m1/s1. The van der Waals surface area contributed by atoms with E-state index in [1.165, 1.54) is 32.1 Å². The molecule has 10 atom stereocenters. The van der Waals surface area contributed by atoms with E-state index in [-0.39, 0.29) is 47.8 Å². The van der Waals surface area contributed by atoms with Crippen LogP contribution in [0.2, 0.25) is 0 Å². The highest BCUT2D eigenvalue weighted by Crippen LogP contribution is 2.54. The van der Waals surface area contributed by atoms with Gasteiger partial charge < -0.3 is 18.9 Å². The van der Waals surface area contributed by atoms with E-state index in [1.54, 1.807) is 14.2 Å². The average Bonchev–Trinajstić information content (AvgIpc) is 3.34. The first kappa shape index (κ1) is 22.3. The number of hydrogen-bond acceptors (Lipinski definition) is 6. The number of carbonyl (C=O) groups excluding carboxylic acids is 2. The van der Waals surface area contributed by atoms with Crippen molar-refractivity contribution in [3.05, 3.63) is 0 Å². The Morgan fingerprint density at radius 3 is 2.32 bits per heavy atom. The molecule has 5 aliphatic rings. The van der Waals surface area contributed by atoms with Gasteiger partial charge in [0.25, 0.3) is 0 Å². The molecule has 2 saturated heterocycles. The first-order chi connectivity index (χ1) is 14.9. The van der Waals surface area contributed by atoms with Crippen LogP contribution in [-0.4, -0.2) is 67.3 Å². The van der Waals surface area contributed by atoms with Crippen LogP contribution in [0.5, 0.6) is 0 Å². The van der Waals surface area contributed by atoms with Crippen LogP contribution < -0.4 is 0 Å². The van der Waals surface area contributed by atoms with Crippen molar-refractivity contribution in [3.63, 3.8) is 0 Å². The molecule has 0 aromatic rings. The number of ketones is 2. The first-order valence-corrected chi connectivity index (χ1v) is 12.5. The van der Waals surface area contributed by atoms with Crippen molar-refractivity contribution in [1.82, 2.24) is 0 Å². The number of hydrogen-bond donors (Lipinski definition) is 0. The van der Waals surface area contributed by atoms with E-state index in [0.717, 1.165) is 0 Å². The molecule has 2 heterocycles. The van der Waals surface area contributed by atoms with Gasteiger partial charge >= 0.3 is 0 Å². The van der Waals surface area contributed by atoms with Crippen LogP contribution in [0.25, 0.3) is 0 Å². The van der Waals surface area contributed by atoms with E-state index in [1.807, 2.05) is 6.92 Å². The Kier molecular flexibility index (Phi) is 6.00. The molecular weight excluding hydrogens is 420 g/mol. The quantitative estimate of drug-likeness (QED) is 0.481. The van der Waals surface area contributed by atoms with Crippen LogP contribution >= 0.6 is 11.6 Å². The molecule has 0 N–H and O–H groups in total. The second kappa shape index (κ2) is 8.35. The molecule has 3 saturated carbocycles. The van der Waals surface area contributed by atoms with Crippen molar-refractivity contribution in [2.45, 2.75) is 99.8 Å². The molecule has 31 heavy (non-hydrogen) atoms. The maximum absolute atomic E-state index is 13.9. The van der Waals surface area contributed by atoms with Gasteiger partial charge in [-0.1, -0.05) is 26.2 Å². The molecule has 0 aromatic carbocycles. The smallest absolute Gasteiger partial charge is 0.188 e. The molecule has 3 aliphatic carbocycles. The number of methoxy groups -OCH3 is 2. The summed E-state index contributed by atoms with van der Waals surface area (Å²) in [4.78, 5) is 27.8. The van der Waals surface area contributed by atoms with Crippen LogP contribution in [-0.2, 0) is 28.5 Å². The maximum atomic E-state index is 13.9. The maximum Gasteiger partial charge on any atom is 0.188 e. The van der Waals surface area contributed by atoms with Crippen LogP contribution in [0.4, 0.5) is 0 Å². The number of rotatable bonds is 3. The second-order valence-electron chi connectivity index (χ2n) is 10.4. The summed E-state index contributed by atoms with van der Waals surface area (Å²) in [6, 6.07) is 0. The van der Waals surface area contributed by atoms with Crippen molar-refractivity contribution in [3.8, 4) is 0 Å². The van der Waals surface area contributed by atoms with Crippen LogP contribution in [0.15, 0.2) is 0 Å². The Morgan fingerprint density at radius 2 is 1.65 bits per heavy atom. The van der Waals surface area contributed by atoms with Gasteiger partial charge in [0.05, 0.1) is 41.8 Å². The lowest BCUT2D eigenvalue weighted by atomic mass is 9.64. The Labute approximate surface area is 189 Å². The molecule has 2 aliphatic heterocycles. The third-order valence-corrected chi connectivity index (χ3v) is 9.46. The van der Waals surface area contributed by atoms with Gasteiger partial charge in [-0.05, 0) is 31.6 Å². The predicted octanol–water partition coefficient (Wildman–Crippen LogP) is 3.31. The highest BCUT2D eigenvalue weighted by molar-refractivity contribution is 6.23. The van der Waals surface area contributed by atoms with Crippen molar-refractivity contribution >= 4 is 23.2 Å². The van der Waals surface area contributed by atoms with Crippen molar-refractivity contribution < 1.29 is 28.5 Å². The molecule has 6 nitrogen and oxygen atoms in total. The average molecular weight is 455 g/mol. The van der Waals surface area contributed by atoms with Crippen LogP contribution in [0, 0.1) is 23.7 Å². The first-order valence-electron chi connectivity index (χ1n) is 12.0. The van der Waals surface area contributed by atoms with Gasteiger partial charge in [-0.25, -0.2) is 0 Å². The molecule has 0 bridgehead atoms. The summed E-state index contributed by atoms with van der Waals surface area (Å²) in [7, 11) is 3.21. The Morgan fingerprint density at radius 1 is 0.935 bits per heavy atom. The van der Waals surface area contributed by atoms with E-state index in [0.29, 0.717) is 25.2 Å². The Bertz CT molecular complexity index is 723. The number of alkyl halides is 1. The van der Waals surface area contributed by atoms with E-state index >= 15 is 0 Å². The third-order valence-electron chi connectivity index (χ3n) is 8.93. The minimum Gasteiger partial charge on any atom is -0.380 e. The minimum atomic E-state index is -1.42. The van der Waals surface area contributed by atoms with Gasteiger partial charge in [-0.2, -0.15) is 0 Å². The Hall–Kier alpha value is -0.530. The van der Waals surface area contributed by atoms with Crippen LogP contribution in [0.1, 0.15) is 58.3 Å². The molecule has 5 fully saturated rings. The molecule has 174 valence electrons. The van der Waals surface area contributed by atoms with Crippen LogP contribution in [0.3, 0.4) is 0 Å². The zero-order valence-electron chi connectivity index (χ0n) is 18.8. The van der Waals surface area contributed by atoms with Gasteiger partial charge in [-0.3, -0.25) is 9.59 Å². The summed E-state index contributed by atoms with van der Waals surface area (Å²) >= 11 is 6.71. The third kappa shape index (κ3) is 3.27. The summed E-state index contributed by atoms with van der Waals surface area (Å²) in [5.41, 5.74) is -1.42. The molecule has 7 heteroatoms. The van der Waals surface area contributed by atoms with Crippen molar-refractivity contribution in [2.24, 2.45) is 23.7 Å². The number of carbonyl (C=O) groups is 2. The predicted molar refractivity (Wildman–Crippen MR) is 114 cm³/mol. The lowest BCUT2D eigenvalue weighted by Crippen LogP contribution is -2.59. The molecule has 0 amide bonds. The van der Waals surface area contributed by atoms with Gasteiger partial charge in [0.1, 0.15) is 0 Å². The number of fused-ring (bicyclic) bond motifs is 2. The largest absolute Gasteiger partial charge is 0.380 e. The highest BCUT2D eigenvalue weighted by Gasteiger charge is 2.70. The van der Waals surface area contributed by atoms with E-state index < -0.39 is 23.0 Å². The van der Waals surface area contributed by atoms with E-state index in [4.69, 9.17) is 30.5 Å². The van der Waals surface area contributed by atoms with Gasteiger partial charge in [0, 0.05) is 32.5 Å². The lowest BCUT2D eigenvalue weighted by Gasteiger charge is -2.41. The molecule has 0 aromatic heterocycles. The van der Waals surface area contributed by atoms with Gasteiger partial charge in [0.15, 0.2) is 17.2 Å². The van der Waals surface area contributed by atoms with Crippen molar-refractivity contribution in [2.75, 3.05) is 14.2 Å². The second-order valence-corrected chi connectivity index (χ2v) is 10.9. The summed E-state index contributed by atoms with van der Waals surface area (Å²) in [5.74, 6) is -0.720. The molecule has 5 rings (SSSR count). The fourth-order valence-corrected chi connectivity index (χ4v) is 7.64. The lowest BCUT2D eigenvalue weighted by molar-refractivity contribution is -0.174. The normalized spacial score (nSPS) is 50.6. The molecule has 0 radical (unpaired) electrons. The molecular formula is C24H35ClO6. The zero-order chi connectivity index (χ0) is 21.9. The van der Waals surface area contributed by atoms with Gasteiger partial charge in [-0.15, -0.1) is 11.6 Å². The van der Waals surface area contributed by atoms with E-state index in [9.17, 15) is 9.59 Å². The SMILES string of the molecule is COC1CC(OC)C2C(=O)[C@@]3(OC2C1Cl)C(=O)C1CC(C2CCCCC2)OC1C[C@H]3C.